The first-order valence-electron chi connectivity index (χ1n) is 5.68. The number of halogens is 1. The van der Waals surface area contributed by atoms with Crippen molar-refractivity contribution in [2.75, 3.05) is 0 Å². The normalized spacial score (nSPS) is 10.2. The third kappa shape index (κ3) is 3.20. The van der Waals surface area contributed by atoms with Crippen LogP contribution in [0.25, 0.3) is 0 Å². The summed E-state index contributed by atoms with van der Waals surface area (Å²) < 4.78 is 5.57. The van der Waals surface area contributed by atoms with E-state index in [1.165, 1.54) is 12.1 Å². The molecule has 5 nitrogen and oxygen atoms in total. The Morgan fingerprint density at radius 3 is 2.79 bits per heavy atom. The Hall–Kier alpha value is -2.14. The summed E-state index contributed by atoms with van der Waals surface area (Å²) in [6.45, 7) is 2.00. The molecule has 0 N–H and O–H groups in total. The fourth-order valence-corrected chi connectivity index (χ4v) is 1.82. The first-order chi connectivity index (χ1) is 9.10. The van der Waals surface area contributed by atoms with Crippen LogP contribution in [-0.2, 0) is 6.42 Å². The summed E-state index contributed by atoms with van der Waals surface area (Å²) in [5, 5.41) is 10.8. The van der Waals surface area contributed by atoms with Gasteiger partial charge in [-0.05, 0) is 18.1 Å². The average molecular weight is 279 g/mol. The molecule has 0 atom stereocenters. The van der Waals surface area contributed by atoms with Gasteiger partial charge in [0.25, 0.3) is 5.69 Å². The molecule has 98 valence electrons. The fraction of sp³-hybridized carbons (Fsp3) is 0.154. The summed E-state index contributed by atoms with van der Waals surface area (Å²) in [5.74, 6) is 0.731. The lowest BCUT2D eigenvalue weighted by atomic mass is 10.1. The van der Waals surface area contributed by atoms with E-state index in [9.17, 15) is 10.1 Å². The molecule has 6 heteroatoms. The summed E-state index contributed by atoms with van der Waals surface area (Å²) in [6.07, 6.45) is 0.791. The molecule has 0 amide bonds. The quantitative estimate of drug-likeness (QED) is 0.482. The van der Waals surface area contributed by atoms with Crippen LogP contribution in [0.1, 0.15) is 12.5 Å². The number of para-hydroxylation sites is 1. The zero-order valence-corrected chi connectivity index (χ0v) is 10.9. The van der Waals surface area contributed by atoms with E-state index in [0.29, 0.717) is 5.75 Å². The lowest BCUT2D eigenvalue weighted by Crippen LogP contribution is -1.95. The zero-order valence-electron chi connectivity index (χ0n) is 10.2. The Balaban J connectivity index is 2.35. The van der Waals surface area contributed by atoms with Gasteiger partial charge in [0.05, 0.1) is 17.1 Å². The van der Waals surface area contributed by atoms with Gasteiger partial charge in [-0.25, -0.2) is 4.98 Å². The number of aryl methyl sites for hydroxylation is 1. The highest BCUT2D eigenvalue weighted by Gasteiger charge is 2.12. The van der Waals surface area contributed by atoms with Crippen LogP contribution < -0.4 is 4.74 Å². The smallest absolute Gasteiger partial charge is 0.277 e. The maximum absolute atomic E-state index is 10.7. The first-order valence-corrected chi connectivity index (χ1v) is 6.05. The van der Waals surface area contributed by atoms with E-state index in [1.807, 2.05) is 25.1 Å². The van der Waals surface area contributed by atoms with Gasteiger partial charge in [0, 0.05) is 0 Å². The molecule has 0 saturated carbocycles. The molecule has 0 aliphatic heterocycles. The highest BCUT2D eigenvalue weighted by Crippen LogP contribution is 2.28. The van der Waals surface area contributed by atoms with Crippen LogP contribution in [0.15, 0.2) is 36.4 Å². The minimum Gasteiger partial charge on any atom is -0.438 e. The largest absolute Gasteiger partial charge is 0.438 e. The molecule has 0 aliphatic carbocycles. The number of ether oxygens (including phenoxy) is 1. The van der Waals surface area contributed by atoms with Gasteiger partial charge in [-0.3, -0.25) is 10.1 Å². The second-order valence-corrected chi connectivity index (χ2v) is 4.19. The van der Waals surface area contributed by atoms with Crippen LogP contribution in [0.5, 0.6) is 11.6 Å². The summed E-state index contributed by atoms with van der Waals surface area (Å²) in [7, 11) is 0. The molecule has 0 unspecified atom stereocenters. The highest BCUT2D eigenvalue weighted by molar-refractivity contribution is 6.29. The van der Waals surface area contributed by atoms with Gasteiger partial charge in [-0.1, -0.05) is 36.7 Å². The topological polar surface area (TPSA) is 65.3 Å². The standard InChI is InChI=1S/C13H11ClN2O3/c1-2-9-5-3-4-6-11(9)19-13-8-10(16(17)18)7-12(14)15-13/h3-8H,2H2,1H3. The molecular weight excluding hydrogens is 268 g/mol. The molecule has 0 spiro atoms. The van der Waals surface area contributed by atoms with Crippen molar-refractivity contribution < 1.29 is 9.66 Å². The minimum absolute atomic E-state index is 0.0261. The van der Waals surface area contributed by atoms with E-state index < -0.39 is 4.92 Å². The maximum atomic E-state index is 10.7. The van der Waals surface area contributed by atoms with Gasteiger partial charge in [-0.2, -0.15) is 0 Å². The van der Waals surface area contributed by atoms with Gasteiger partial charge in [0.15, 0.2) is 0 Å². The van der Waals surface area contributed by atoms with E-state index in [-0.39, 0.29) is 16.7 Å². The number of rotatable bonds is 4. The summed E-state index contributed by atoms with van der Waals surface area (Å²) in [6, 6.07) is 9.87. The molecule has 2 aromatic rings. The van der Waals surface area contributed by atoms with Gasteiger partial charge < -0.3 is 4.74 Å². The Morgan fingerprint density at radius 2 is 2.11 bits per heavy atom. The van der Waals surface area contributed by atoms with Crippen LogP contribution in [0, 0.1) is 10.1 Å². The molecule has 2 rings (SSSR count). The third-order valence-electron chi connectivity index (χ3n) is 2.53. The number of benzene rings is 1. The number of pyridine rings is 1. The summed E-state index contributed by atoms with van der Waals surface area (Å²) in [4.78, 5) is 14.1. The lowest BCUT2D eigenvalue weighted by molar-refractivity contribution is -0.385. The number of hydrogen-bond acceptors (Lipinski definition) is 4. The van der Waals surface area contributed by atoms with Crippen molar-refractivity contribution in [3.05, 3.63) is 57.2 Å². The molecule has 0 aliphatic rings. The molecule has 0 radical (unpaired) electrons. The van der Waals surface area contributed by atoms with E-state index >= 15 is 0 Å². The molecule has 1 aromatic heterocycles. The van der Waals surface area contributed by atoms with Crippen molar-refractivity contribution in [2.45, 2.75) is 13.3 Å². The molecular formula is C13H11ClN2O3. The van der Waals surface area contributed by atoms with Crippen molar-refractivity contribution in [3.63, 3.8) is 0 Å². The predicted molar refractivity (Wildman–Crippen MR) is 71.8 cm³/mol. The highest BCUT2D eigenvalue weighted by atomic mass is 35.5. The number of hydrogen-bond donors (Lipinski definition) is 0. The van der Waals surface area contributed by atoms with E-state index in [2.05, 4.69) is 4.98 Å². The van der Waals surface area contributed by atoms with E-state index in [0.717, 1.165) is 12.0 Å². The van der Waals surface area contributed by atoms with Gasteiger partial charge in [-0.15, -0.1) is 0 Å². The number of nitro groups is 1. The second kappa shape index (κ2) is 5.67. The zero-order chi connectivity index (χ0) is 13.8. The summed E-state index contributed by atoms with van der Waals surface area (Å²) >= 11 is 5.74. The molecule has 0 bridgehead atoms. The lowest BCUT2D eigenvalue weighted by Gasteiger charge is -2.08. The summed E-state index contributed by atoms with van der Waals surface area (Å²) in [5.41, 5.74) is 0.843. The Morgan fingerprint density at radius 1 is 1.37 bits per heavy atom. The van der Waals surface area contributed by atoms with Crippen molar-refractivity contribution in [1.29, 1.82) is 0 Å². The van der Waals surface area contributed by atoms with Crippen LogP contribution in [0.2, 0.25) is 5.15 Å². The van der Waals surface area contributed by atoms with Crippen molar-refractivity contribution in [3.8, 4) is 11.6 Å². The van der Waals surface area contributed by atoms with E-state index in [1.54, 1.807) is 6.07 Å². The van der Waals surface area contributed by atoms with Gasteiger partial charge >= 0.3 is 0 Å². The van der Waals surface area contributed by atoms with Crippen LogP contribution in [-0.4, -0.2) is 9.91 Å². The predicted octanol–water partition coefficient (Wildman–Crippen LogP) is 4.00. The molecule has 0 saturated heterocycles. The molecule has 19 heavy (non-hydrogen) atoms. The third-order valence-corrected chi connectivity index (χ3v) is 2.73. The maximum Gasteiger partial charge on any atom is 0.277 e. The van der Waals surface area contributed by atoms with Gasteiger partial charge in [0.2, 0.25) is 5.88 Å². The molecule has 0 fully saturated rings. The number of nitrogens with zero attached hydrogens (tertiary/aromatic N) is 2. The van der Waals surface area contributed by atoms with Crippen LogP contribution in [0.4, 0.5) is 5.69 Å². The Kier molecular flexibility index (Phi) is 3.97. The van der Waals surface area contributed by atoms with Gasteiger partial charge in [0.1, 0.15) is 10.9 Å². The Labute approximate surface area is 115 Å². The van der Waals surface area contributed by atoms with Crippen molar-refractivity contribution >= 4 is 17.3 Å². The van der Waals surface area contributed by atoms with Crippen molar-refractivity contribution in [2.24, 2.45) is 0 Å². The fourth-order valence-electron chi connectivity index (χ4n) is 1.63. The van der Waals surface area contributed by atoms with Crippen LogP contribution in [0.3, 0.4) is 0 Å². The van der Waals surface area contributed by atoms with Crippen LogP contribution >= 0.6 is 11.6 Å². The monoisotopic (exact) mass is 278 g/mol. The number of aromatic nitrogens is 1. The molecule has 1 aromatic carbocycles. The minimum atomic E-state index is -0.536. The molecule has 1 heterocycles. The first kappa shape index (κ1) is 13.3. The van der Waals surface area contributed by atoms with Crippen molar-refractivity contribution in [1.82, 2.24) is 4.98 Å². The SMILES string of the molecule is CCc1ccccc1Oc1cc([N+](=O)[O-])cc(Cl)n1. The second-order valence-electron chi connectivity index (χ2n) is 3.81. The Bertz CT molecular complexity index is 617. The van der Waals surface area contributed by atoms with E-state index in [4.69, 9.17) is 16.3 Å². The average Bonchev–Trinajstić information content (AvgIpc) is 2.38.